The highest BCUT2D eigenvalue weighted by Crippen LogP contribution is 2.25. The number of hydrogen-bond donors (Lipinski definition) is 1. The molecule has 0 unspecified atom stereocenters. The smallest absolute Gasteiger partial charge is 0.272 e. The highest BCUT2D eigenvalue weighted by atomic mass is 32.1. The summed E-state index contributed by atoms with van der Waals surface area (Å²) in [6.07, 6.45) is 1.80. The first-order valence-corrected chi connectivity index (χ1v) is 9.76. The third-order valence-electron chi connectivity index (χ3n) is 4.72. The Morgan fingerprint density at radius 3 is 2.58 bits per heavy atom. The zero-order valence-electron chi connectivity index (χ0n) is 14.5. The Bertz CT molecular complexity index is 923. The summed E-state index contributed by atoms with van der Waals surface area (Å²) in [7, 11) is 0. The van der Waals surface area contributed by atoms with Crippen molar-refractivity contribution in [2.75, 3.05) is 13.1 Å². The zero-order chi connectivity index (χ0) is 17.8. The normalized spacial score (nSPS) is 15.2. The largest absolute Gasteiger partial charge is 0.298 e. The molecule has 5 heteroatoms. The van der Waals surface area contributed by atoms with Crippen molar-refractivity contribution in [1.82, 2.24) is 10.3 Å². The van der Waals surface area contributed by atoms with E-state index < -0.39 is 0 Å². The van der Waals surface area contributed by atoms with Gasteiger partial charge in [0.1, 0.15) is 0 Å². The van der Waals surface area contributed by atoms with Gasteiger partial charge in [0.15, 0.2) is 0 Å². The van der Waals surface area contributed by atoms with E-state index in [-0.39, 0.29) is 5.91 Å². The third kappa shape index (κ3) is 3.84. The molecule has 3 aromatic rings. The Morgan fingerprint density at radius 1 is 1.04 bits per heavy atom. The summed E-state index contributed by atoms with van der Waals surface area (Å²) in [6, 6.07) is 18.5. The van der Waals surface area contributed by atoms with Gasteiger partial charge in [0.05, 0.1) is 5.56 Å². The number of nitrogens with zero attached hydrogens (tertiary/aromatic N) is 2. The quantitative estimate of drug-likeness (QED) is 0.703. The minimum atomic E-state index is -0.123. The van der Waals surface area contributed by atoms with Gasteiger partial charge in [0, 0.05) is 53.7 Å². The number of carbonyl (C=O) groups excluding carboxylic acids is 1. The average Bonchev–Trinajstić information content (AvgIpc) is 3.12. The second kappa shape index (κ2) is 7.81. The van der Waals surface area contributed by atoms with E-state index in [0.29, 0.717) is 5.56 Å². The van der Waals surface area contributed by atoms with E-state index in [0.717, 1.165) is 48.3 Å². The van der Waals surface area contributed by atoms with Crippen molar-refractivity contribution in [1.29, 1.82) is 0 Å². The molecule has 4 rings (SSSR count). The number of carbonyl (C=O) groups is 1. The van der Waals surface area contributed by atoms with Gasteiger partial charge in [-0.2, -0.15) is 5.10 Å². The molecule has 0 spiro atoms. The summed E-state index contributed by atoms with van der Waals surface area (Å²) in [5.41, 5.74) is 5.86. The maximum Gasteiger partial charge on any atom is 0.272 e. The first-order valence-electron chi connectivity index (χ1n) is 8.88. The number of thiophene rings is 1. The van der Waals surface area contributed by atoms with E-state index in [1.165, 1.54) is 5.56 Å². The number of hydrogen-bond acceptors (Lipinski definition) is 4. The van der Waals surface area contributed by atoms with Crippen LogP contribution >= 0.6 is 11.3 Å². The lowest BCUT2D eigenvalue weighted by molar-refractivity contribution is 0.0956. The molecule has 0 radical (unpaired) electrons. The summed E-state index contributed by atoms with van der Waals surface area (Å²) < 4.78 is 1.12. The van der Waals surface area contributed by atoms with Gasteiger partial charge in [0.2, 0.25) is 0 Å². The molecule has 1 fully saturated rings. The first kappa shape index (κ1) is 16.9. The Hall–Kier alpha value is -2.50. The van der Waals surface area contributed by atoms with Crippen LogP contribution in [0.3, 0.4) is 0 Å². The van der Waals surface area contributed by atoms with Gasteiger partial charge in [0.25, 0.3) is 5.91 Å². The molecule has 2 heterocycles. The molecular formula is C21H21N3OS. The molecule has 2 aromatic carbocycles. The van der Waals surface area contributed by atoms with Crippen LogP contribution in [0, 0.1) is 0 Å². The number of hydrazone groups is 1. The molecule has 1 N–H and O–H groups in total. The molecule has 0 aliphatic carbocycles. The van der Waals surface area contributed by atoms with Crippen molar-refractivity contribution in [3.05, 3.63) is 71.1 Å². The van der Waals surface area contributed by atoms with Gasteiger partial charge in [-0.25, -0.2) is 5.43 Å². The predicted molar refractivity (Wildman–Crippen MR) is 108 cm³/mol. The Kier molecular flexibility index (Phi) is 5.09. The van der Waals surface area contributed by atoms with Crippen molar-refractivity contribution in [2.24, 2.45) is 5.10 Å². The van der Waals surface area contributed by atoms with Crippen molar-refractivity contribution in [2.45, 2.75) is 19.4 Å². The van der Waals surface area contributed by atoms with Gasteiger partial charge < -0.3 is 0 Å². The topological polar surface area (TPSA) is 44.7 Å². The summed E-state index contributed by atoms with van der Waals surface area (Å²) >= 11 is 1.59. The Morgan fingerprint density at radius 2 is 1.77 bits per heavy atom. The number of fused-ring (bicyclic) bond motifs is 1. The highest BCUT2D eigenvalue weighted by Gasteiger charge is 2.16. The minimum Gasteiger partial charge on any atom is -0.298 e. The molecular weight excluding hydrogens is 342 g/mol. The molecule has 1 aromatic heterocycles. The standard InChI is InChI=1S/C21H21N3OS/c25-21(19-15-26-20-9-5-4-8-18(19)20)23-22-17-10-12-24(13-11-17)14-16-6-2-1-3-7-16/h1-9,15H,10-14H2,(H,23,25). The Labute approximate surface area is 157 Å². The van der Waals surface area contributed by atoms with Crippen LogP contribution in [0.25, 0.3) is 10.1 Å². The lowest BCUT2D eigenvalue weighted by Gasteiger charge is -2.27. The van der Waals surface area contributed by atoms with Gasteiger partial charge >= 0.3 is 0 Å². The summed E-state index contributed by atoms with van der Waals surface area (Å²) in [5.74, 6) is -0.123. The van der Waals surface area contributed by atoms with Crippen LogP contribution in [0.5, 0.6) is 0 Å². The van der Waals surface area contributed by atoms with Crippen LogP contribution < -0.4 is 5.43 Å². The van der Waals surface area contributed by atoms with Crippen LogP contribution in [0.4, 0.5) is 0 Å². The van der Waals surface area contributed by atoms with Crippen molar-refractivity contribution in [3.8, 4) is 0 Å². The molecule has 26 heavy (non-hydrogen) atoms. The molecule has 4 nitrogen and oxygen atoms in total. The van der Waals surface area contributed by atoms with Crippen molar-refractivity contribution in [3.63, 3.8) is 0 Å². The minimum absolute atomic E-state index is 0.123. The fourth-order valence-electron chi connectivity index (χ4n) is 3.27. The van der Waals surface area contributed by atoms with Crippen LogP contribution in [0.1, 0.15) is 28.8 Å². The van der Waals surface area contributed by atoms with E-state index in [9.17, 15) is 4.79 Å². The zero-order valence-corrected chi connectivity index (χ0v) is 15.3. The molecule has 132 valence electrons. The predicted octanol–water partition coefficient (Wildman–Crippen LogP) is 4.28. The van der Waals surface area contributed by atoms with Gasteiger partial charge in [-0.05, 0) is 11.6 Å². The molecule has 1 amide bonds. The van der Waals surface area contributed by atoms with E-state index in [4.69, 9.17) is 0 Å². The second-order valence-corrected chi connectivity index (χ2v) is 7.44. The lowest BCUT2D eigenvalue weighted by Crippen LogP contribution is -2.34. The highest BCUT2D eigenvalue weighted by molar-refractivity contribution is 7.17. The fraction of sp³-hybridized carbons (Fsp3) is 0.238. The number of nitrogens with one attached hydrogen (secondary N) is 1. The third-order valence-corrected chi connectivity index (χ3v) is 5.69. The molecule has 0 saturated carbocycles. The van der Waals surface area contributed by atoms with Gasteiger partial charge in [-0.1, -0.05) is 48.5 Å². The second-order valence-electron chi connectivity index (χ2n) is 6.53. The van der Waals surface area contributed by atoms with Crippen molar-refractivity contribution >= 4 is 33.0 Å². The van der Waals surface area contributed by atoms with Gasteiger partial charge in [-0.15, -0.1) is 11.3 Å². The van der Waals surface area contributed by atoms with Crippen molar-refractivity contribution < 1.29 is 4.79 Å². The number of piperidine rings is 1. The van der Waals surface area contributed by atoms with Crippen LogP contribution in [-0.2, 0) is 6.54 Å². The van der Waals surface area contributed by atoms with Crippen LogP contribution in [-0.4, -0.2) is 29.6 Å². The fourth-order valence-corrected chi connectivity index (χ4v) is 4.21. The number of likely N-dealkylation sites (tertiary alicyclic amines) is 1. The number of rotatable bonds is 4. The maximum atomic E-state index is 12.4. The molecule has 0 atom stereocenters. The summed E-state index contributed by atoms with van der Waals surface area (Å²) in [4.78, 5) is 14.9. The molecule has 1 aliphatic heterocycles. The Balaban J connectivity index is 1.33. The number of benzene rings is 2. The van der Waals surface area contributed by atoms with Gasteiger partial charge in [-0.3, -0.25) is 9.69 Å². The van der Waals surface area contributed by atoms with E-state index in [1.54, 1.807) is 11.3 Å². The van der Waals surface area contributed by atoms with E-state index in [2.05, 4.69) is 39.7 Å². The lowest BCUT2D eigenvalue weighted by atomic mass is 10.1. The van der Waals surface area contributed by atoms with E-state index in [1.807, 2.05) is 35.7 Å². The van der Waals surface area contributed by atoms with Crippen LogP contribution in [0.15, 0.2) is 65.1 Å². The summed E-state index contributed by atoms with van der Waals surface area (Å²) in [5, 5.41) is 7.28. The first-order chi connectivity index (χ1) is 12.8. The molecule has 1 saturated heterocycles. The van der Waals surface area contributed by atoms with Crippen LogP contribution in [0.2, 0.25) is 0 Å². The average molecular weight is 363 g/mol. The molecule has 0 bridgehead atoms. The molecule has 1 aliphatic rings. The summed E-state index contributed by atoms with van der Waals surface area (Å²) in [6.45, 7) is 2.93. The van der Waals surface area contributed by atoms with E-state index >= 15 is 0 Å². The number of amides is 1. The monoisotopic (exact) mass is 363 g/mol. The SMILES string of the molecule is O=C(NN=C1CCN(Cc2ccccc2)CC1)c1csc2ccccc12. The maximum absolute atomic E-state index is 12.4.